The number of rotatable bonds is 4. The van der Waals surface area contributed by atoms with Crippen LogP contribution in [-0.2, 0) is 25.1 Å². The molecule has 4 heterocycles. The summed E-state index contributed by atoms with van der Waals surface area (Å²) in [6, 6.07) is 39.8. The van der Waals surface area contributed by atoms with Gasteiger partial charge >= 0.3 is 0 Å². The average molecular weight is 660 g/mol. The van der Waals surface area contributed by atoms with Crippen LogP contribution in [0.5, 0.6) is 0 Å². The van der Waals surface area contributed by atoms with E-state index in [-0.39, 0.29) is 19.6 Å². The summed E-state index contributed by atoms with van der Waals surface area (Å²) in [4.78, 5) is 6.03. The first-order valence-electron chi connectivity index (χ1n) is 14.8. The lowest BCUT2D eigenvalue weighted by Crippen LogP contribution is -2.35. The third kappa shape index (κ3) is 4.21. The van der Waals surface area contributed by atoms with Gasteiger partial charge in [0, 0.05) is 17.7 Å². The Labute approximate surface area is 268 Å². The zero-order valence-corrected chi connectivity index (χ0v) is 27.5. The molecule has 2 bridgehead atoms. The molecule has 1 aliphatic heterocycles. The Bertz CT molecular complexity index is 2580. The number of benzene rings is 4. The standard InChI is InChI=1S/C37H28N2O4PS2/c1-37(2)35-17-9-15-31(38-35)29-23-27(45(40,41)25-11-5-3-6-12-25)19-21-33(29)44-34-22-20-28(46(42,43)26-13-7-4-8-14-26)24-30(34)32-16-10-18-36(37)39(32)44/h3-24H,1-2H3/q+1. The van der Waals surface area contributed by atoms with Crippen molar-refractivity contribution in [1.82, 2.24) is 4.98 Å². The van der Waals surface area contributed by atoms with E-state index in [1.165, 1.54) is 0 Å². The molecule has 0 fully saturated rings. The SMILES string of the molecule is CC1(C)c2cccc(n2)-c2cc(S(=O)(=O)c3ccccc3)ccc2-p2c3ccc(S(=O)(=O)c4ccccc4)cc3c3cccc1[n+]32. The smallest absolute Gasteiger partial charge is 0.221 e. The maximum Gasteiger partial charge on any atom is 0.221 e. The number of nitrogens with zero attached hydrogens (tertiary/aromatic N) is 2. The molecule has 3 aromatic heterocycles. The molecule has 8 rings (SSSR count). The van der Waals surface area contributed by atoms with Gasteiger partial charge in [-0.05, 0) is 92.7 Å². The second kappa shape index (κ2) is 10.2. The molecule has 0 radical (unpaired) electrons. The molecule has 1 unspecified atom stereocenters. The number of hydrogen-bond acceptors (Lipinski definition) is 5. The molecule has 0 spiro atoms. The first kappa shape index (κ1) is 28.8. The van der Waals surface area contributed by atoms with Crippen LogP contribution in [0.3, 0.4) is 0 Å². The number of sulfone groups is 2. The Morgan fingerprint density at radius 1 is 0.609 bits per heavy atom. The maximum absolute atomic E-state index is 13.8. The normalized spacial score (nSPS) is 14.3. The summed E-state index contributed by atoms with van der Waals surface area (Å²) < 4.78 is 57.4. The molecule has 0 amide bonds. The first-order chi connectivity index (χ1) is 22.1. The Morgan fingerprint density at radius 2 is 1.22 bits per heavy atom. The summed E-state index contributed by atoms with van der Waals surface area (Å²) in [7, 11) is -8.83. The van der Waals surface area contributed by atoms with Gasteiger partial charge in [-0.1, -0.05) is 42.5 Å². The van der Waals surface area contributed by atoms with Crippen LogP contribution in [0, 0.1) is 0 Å². The van der Waals surface area contributed by atoms with E-state index in [4.69, 9.17) is 4.98 Å². The molecule has 4 aromatic carbocycles. The van der Waals surface area contributed by atoms with Gasteiger partial charge in [-0.25, -0.2) is 16.8 Å². The summed E-state index contributed by atoms with van der Waals surface area (Å²) in [5, 5.41) is 2.80. The van der Waals surface area contributed by atoms with Gasteiger partial charge in [0.25, 0.3) is 0 Å². The number of pyridine rings is 2. The summed E-state index contributed by atoms with van der Waals surface area (Å²) in [6.45, 7) is 4.29. The second-order valence-corrected chi connectivity index (χ2v) is 17.8. The quantitative estimate of drug-likeness (QED) is 0.192. The van der Waals surface area contributed by atoms with Crippen molar-refractivity contribution in [2.24, 2.45) is 0 Å². The fourth-order valence-electron chi connectivity index (χ4n) is 6.42. The summed E-state index contributed by atoms with van der Waals surface area (Å²) in [5.41, 5.74) is 3.73. The van der Waals surface area contributed by atoms with Crippen LogP contribution in [-0.4, -0.2) is 21.8 Å². The minimum absolute atomic E-state index is 0.195. The van der Waals surface area contributed by atoms with E-state index in [1.54, 1.807) is 84.9 Å². The van der Waals surface area contributed by atoms with E-state index < -0.39 is 32.8 Å². The predicted molar refractivity (Wildman–Crippen MR) is 180 cm³/mol. The van der Waals surface area contributed by atoms with Gasteiger partial charge in [0.05, 0.1) is 52.2 Å². The lowest BCUT2D eigenvalue weighted by molar-refractivity contribution is -0.447. The molecule has 1 atom stereocenters. The van der Waals surface area contributed by atoms with Crippen LogP contribution >= 0.6 is 7.69 Å². The van der Waals surface area contributed by atoms with E-state index in [0.29, 0.717) is 5.69 Å². The minimum Gasteiger partial charge on any atom is -0.252 e. The van der Waals surface area contributed by atoms with E-state index in [2.05, 4.69) is 24.1 Å². The Balaban J connectivity index is 1.48. The molecule has 0 saturated heterocycles. The third-order valence-corrected chi connectivity index (χ3v) is 14.9. The van der Waals surface area contributed by atoms with Gasteiger partial charge < -0.3 is 0 Å². The molecule has 0 N–H and O–H groups in total. The van der Waals surface area contributed by atoms with Crippen molar-refractivity contribution in [2.45, 2.75) is 38.8 Å². The van der Waals surface area contributed by atoms with Gasteiger partial charge in [-0.3, -0.25) is 4.98 Å². The molecule has 9 heteroatoms. The summed E-state index contributed by atoms with van der Waals surface area (Å²) >= 11 is 0. The highest BCUT2D eigenvalue weighted by atomic mass is 32.2. The Morgan fingerprint density at radius 3 is 1.89 bits per heavy atom. The van der Waals surface area contributed by atoms with Gasteiger partial charge in [0.1, 0.15) is 0 Å². The van der Waals surface area contributed by atoms with Crippen LogP contribution in [0.2, 0.25) is 0 Å². The topological polar surface area (TPSA) is 85.3 Å². The lowest BCUT2D eigenvalue weighted by atomic mass is 9.84. The molecule has 0 aliphatic carbocycles. The summed E-state index contributed by atoms with van der Waals surface area (Å²) in [6.07, 6.45) is 0. The zero-order valence-electron chi connectivity index (χ0n) is 25.0. The van der Waals surface area contributed by atoms with E-state index in [0.717, 1.165) is 38.3 Å². The predicted octanol–water partition coefficient (Wildman–Crippen LogP) is 7.92. The third-order valence-electron chi connectivity index (χ3n) is 8.87. The molecular formula is C37H28N2O4PS2+. The number of hydrogen-bond donors (Lipinski definition) is 0. The molecule has 0 saturated carbocycles. The van der Waals surface area contributed by atoms with Crippen LogP contribution in [0.4, 0.5) is 0 Å². The Hall–Kier alpha value is -4.62. The zero-order chi connectivity index (χ0) is 31.8. The van der Waals surface area contributed by atoms with Crippen molar-refractivity contribution >= 4 is 43.4 Å². The average Bonchev–Trinajstić information content (AvgIpc) is 3.42. The van der Waals surface area contributed by atoms with Crippen LogP contribution < -0.4 is 4.16 Å². The summed E-state index contributed by atoms with van der Waals surface area (Å²) in [5.74, 6) is 0. The van der Waals surface area contributed by atoms with Gasteiger partial charge in [-0.15, -0.1) is 4.16 Å². The van der Waals surface area contributed by atoms with Crippen LogP contribution in [0.1, 0.15) is 25.2 Å². The van der Waals surface area contributed by atoms with Gasteiger partial charge in [0.15, 0.2) is 7.69 Å². The van der Waals surface area contributed by atoms with E-state index in [1.807, 2.05) is 42.5 Å². The highest BCUT2D eigenvalue weighted by molar-refractivity contribution is 7.91. The molecule has 7 aromatic rings. The molecule has 226 valence electrons. The monoisotopic (exact) mass is 659 g/mol. The van der Waals surface area contributed by atoms with Crippen molar-refractivity contribution in [3.05, 3.63) is 145 Å². The first-order valence-corrected chi connectivity index (χ1v) is 19.1. The van der Waals surface area contributed by atoms with Crippen molar-refractivity contribution in [1.29, 1.82) is 0 Å². The van der Waals surface area contributed by atoms with Gasteiger partial charge in [-0.2, -0.15) is 0 Å². The van der Waals surface area contributed by atoms with Crippen molar-refractivity contribution < 1.29 is 21.0 Å². The van der Waals surface area contributed by atoms with E-state index >= 15 is 0 Å². The lowest BCUT2D eigenvalue weighted by Gasteiger charge is -2.20. The van der Waals surface area contributed by atoms with Gasteiger partial charge in [0.2, 0.25) is 30.9 Å². The highest BCUT2D eigenvalue weighted by Gasteiger charge is 2.39. The van der Waals surface area contributed by atoms with Crippen molar-refractivity contribution in [3.63, 3.8) is 0 Å². The highest BCUT2D eigenvalue weighted by Crippen LogP contribution is 2.51. The maximum atomic E-state index is 13.8. The molecular weight excluding hydrogens is 632 g/mol. The van der Waals surface area contributed by atoms with Crippen LogP contribution in [0.25, 0.3) is 32.6 Å². The largest absolute Gasteiger partial charge is 0.252 e. The number of fused-ring (bicyclic) bond motifs is 8. The second-order valence-electron chi connectivity index (χ2n) is 11.9. The minimum atomic E-state index is -3.79. The van der Waals surface area contributed by atoms with Crippen molar-refractivity contribution in [2.75, 3.05) is 0 Å². The molecule has 46 heavy (non-hydrogen) atoms. The fraction of sp³-hybridized carbons (Fsp3) is 0.0811. The number of aromatic nitrogens is 2. The van der Waals surface area contributed by atoms with Crippen LogP contribution in [0.15, 0.2) is 153 Å². The van der Waals surface area contributed by atoms with Crippen molar-refractivity contribution in [3.8, 4) is 16.6 Å². The molecule has 1 aliphatic rings. The van der Waals surface area contributed by atoms with E-state index in [9.17, 15) is 16.8 Å². The Kier molecular flexibility index (Phi) is 6.39. The molecule has 6 nitrogen and oxygen atoms in total. The fourth-order valence-corrected chi connectivity index (χ4v) is 11.9.